The molecule has 15 heavy (non-hydrogen) atoms. The van der Waals surface area contributed by atoms with Crippen LogP contribution in [0.3, 0.4) is 0 Å². The van der Waals surface area contributed by atoms with Gasteiger partial charge in [-0.15, -0.1) is 0 Å². The van der Waals surface area contributed by atoms with E-state index < -0.39 is 9.76 Å². The van der Waals surface area contributed by atoms with Gasteiger partial charge in [-0.25, -0.2) is 0 Å². The maximum atomic E-state index is 11.4. The van der Waals surface area contributed by atoms with Crippen molar-refractivity contribution in [3.05, 3.63) is 12.0 Å². The second-order valence-electron chi connectivity index (χ2n) is 2.74. The zero-order valence-electron chi connectivity index (χ0n) is 9.75. The van der Waals surface area contributed by atoms with E-state index in [1.165, 1.54) is 6.08 Å². The van der Waals surface area contributed by atoms with Gasteiger partial charge in [0.1, 0.15) is 0 Å². The minimum atomic E-state index is -0.411. The van der Waals surface area contributed by atoms with E-state index in [0.29, 0.717) is 32.2 Å². The topological polar surface area (TPSA) is 44.8 Å². The largest absolute Gasteiger partial charge is 0.466 e. The SMILES string of the molecule is CCOC(=CC(=O)CCO[SiH2]C)OCC. The molecule has 0 aromatic rings. The lowest BCUT2D eigenvalue weighted by atomic mass is 10.3. The molecule has 0 aromatic heterocycles. The molecule has 0 amide bonds. The van der Waals surface area contributed by atoms with Gasteiger partial charge < -0.3 is 13.9 Å². The summed E-state index contributed by atoms with van der Waals surface area (Å²) in [5, 5.41) is 0. The minimum Gasteiger partial charge on any atom is -0.466 e. The predicted octanol–water partition coefficient (Wildman–Crippen LogP) is 1.01. The highest BCUT2D eigenvalue weighted by Gasteiger charge is 2.03. The van der Waals surface area contributed by atoms with Crippen molar-refractivity contribution in [1.82, 2.24) is 0 Å². The van der Waals surface area contributed by atoms with Crippen molar-refractivity contribution in [2.45, 2.75) is 26.8 Å². The molecule has 0 N–H and O–H groups in total. The third-order valence-electron chi connectivity index (χ3n) is 1.55. The average molecular weight is 232 g/mol. The smallest absolute Gasteiger partial charge is 0.282 e. The van der Waals surface area contributed by atoms with Crippen molar-refractivity contribution in [3.63, 3.8) is 0 Å². The number of ether oxygens (including phenoxy) is 2. The van der Waals surface area contributed by atoms with Crippen LogP contribution in [0.4, 0.5) is 0 Å². The Morgan fingerprint density at radius 1 is 1.27 bits per heavy atom. The summed E-state index contributed by atoms with van der Waals surface area (Å²) in [4.78, 5) is 11.4. The fourth-order valence-corrected chi connectivity index (χ4v) is 1.36. The van der Waals surface area contributed by atoms with Crippen LogP contribution >= 0.6 is 0 Å². The lowest BCUT2D eigenvalue weighted by Gasteiger charge is -2.08. The molecule has 0 unspecified atom stereocenters. The molecule has 0 aliphatic carbocycles. The van der Waals surface area contributed by atoms with Crippen LogP contribution in [0.2, 0.25) is 6.55 Å². The van der Waals surface area contributed by atoms with Gasteiger partial charge in [0.15, 0.2) is 15.5 Å². The summed E-state index contributed by atoms with van der Waals surface area (Å²) in [7, 11) is -0.411. The number of carbonyl (C=O) groups excluding carboxylic acids is 1. The van der Waals surface area contributed by atoms with E-state index in [2.05, 4.69) is 0 Å². The van der Waals surface area contributed by atoms with Crippen molar-refractivity contribution in [1.29, 1.82) is 0 Å². The molecule has 0 saturated carbocycles. The molecule has 0 aliphatic heterocycles. The Morgan fingerprint density at radius 2 is 1.87 bits per heavy atom. The Labute approximate surface area is 93.5 Å². The second kappa shape index (κ2) is 9.73. The van der Waals surface area contributed by atoms with E-state index >= 15 is 0 Å². The van der Waals surface area contributed by atoms with Crippen LogP contribution in [0, 0.1) is 0 Å². The fraction of sp³-hybridized carbons (Fsp3) is 0.700. The van der Waals surface area contributed by atoms with Gasteiger partial charge in [0.05, 0.1) is 19.3 Å². The zero-order valence-corrected chi connectivity index (χ0v) is 11.2. The maximum Gasteiger partial charge on any atom is 0.282 e. The molecule has 88 valence electrons. The van der Waals surface area contributed by atoms with Gasteiger partial charge in [0.2, 0.25) is 0 Å². The molecule has 0 fully saturated rings. The number of carbonyl (C=O) groups is 1. The maximum absolute atomic E-state index is 11.4. The van der Waals surface area contributed by atoms with Crippen LogP contribution in [0.5, 0.6) is 0 Å². The molecular weight excluding hydrogens is 212 g/mol. The molecule has 0 bridgehead atoms. The van der Waals surface area contributed by atoms with Crippen molar-refractivity contribution in [2.75, 3.05) is 19.8 Å². The molecule has 0 heterocycles. The van der Waals surface area contributed by atoms with Crippen LogP contribution in [-0.4, -0.2) is 35.4 Å². The van der Waals surface area contributed by atoms with E-state index in [9.17, 15) is 4.79 Å². The number of allylic oxidation sites excluding steroid dienone is 1. The van der Waals surface area contributed by atoms with Gasteiger partial charge in [0.25, 0.3) is 5.95 Å². The number of ketones is 1. The summed E-state index contributed by atoms with van der Waals surface area (Å²) in [6.45, 7) is 7.23. The lowest BCUT2D eigenvalue weighted by Crippen LogP contribution is -2.06. The van der Waals surface area contributed by atoms with Crippen LogP contribution in [0.15, 0.2) is 12.0 Å². The Bertz CT molecular complexity index is 196. The van der Waals surface area contributed by atoms with Crippen LogP contribution in [0.1, 0.15) is 20.3 Å². The summed E-state index contributed by atoms with van der Waals surface area (Å²) in [5.41, 5.74) is 0. The third-order valence-corrected chi connectivity index (χ3v) is 2.25. The van der Waals surface area contributed by atoms with Gasteiger partial charge >= 0.3 is 0 Å². The second-order valence-corrected chi connectivity index (χ2v) is 3.73. The number of rotatable bonds is 9. The first-order valence-electron chi connectivity index (χ1n) is 5.32. The molecule has 0 aliphatic rings. The summed E-state index contributed by atoms with van der Waals surface area (Å²) in [6.07, 6.45) is 1.79. The summed E-state index contributed by atoms with van der Waals surface area (Å²) >= 11 is 0. The van der Waals surface area contributed by atoms with Crippen molar-refractivity contribution >= 4 is 15.5 Å². The zero-order chi connectivity index (χ0) is 11.5. The Morgan fingerprint density at radius 3 is 2.33 bits per heavy atom. The first kappa shape index (κ1) is 14.2. The van der Waals surface area contributed by atoms with Crippen molar-refractivity contribution < 1.29 is 18.7 Å². The van der Waals surface area contributed by atoms with E-state index in [-0.39, 0.29) is 5.78 Å². The first-order valence-corrected chi connectivity index (χ1v) is 7.31. The van der Waals surface area contributed by atoms with Crippen molar-refractivity contribution in [2.24, 2.45) is 0 Å². The fourth-order valence-electron chi connectivity index (χ4n) is 0.930. The van der Waals surface area contributed by atoms with Gasteiger partial charge in [0, 0.05) is 13.0 Å². The number of hydrogen-bond acceptors (Lipinski definition) is 4. The Hall–Kier alpha value is -0.813. The Kier molecular flexibility index (Phi) is 9.20. The van der Waals surface area contributed by atoms with Gasteiger partial charge in [-0.05, 0) is 13.8 Å². The predicted molar refractivity (Wildman–Crippen MR) is 61.3 cm³/mol. The summed E-state index contributed by atoms with van der Waals surface area (Å²) in [6, 6.07) is 0. The summed E-state index contributed by atoms with van der Waals surface area (Å²) < 4.78 is 15.5. The van der Waals surface area contributed by atoms with Gasteiger partial charge in [-0.1, -0.05) is 6.55 Å². The van der Waals surface area contributed by atoms with Crippen LogP contribution in [-0.2, 0) is 18.7 Å². The molecule has 5 heteroatoms. The quantitative estimate of drug-likeness (QED) is 0.257. The van der Waals surface area contributed by atoms with E-state index in [1.54, 1.807) is 0 Å². The third kappa shape index (κ3) is 8.20. The highest BCUT2D eigenvalue weighted by atomic mass is 28.2. The highest BCUT2D eigenvalue weighted by Crippen LogP contribution is 2.01. The molecule has 0 radical (unpaired) electrons. The van der Waals surface area contributed by atoms with E-state index in [1.807, 2.05) is 20.4 Å². The molecule has 4 nitrogen and oxygen atoms in total. The first-order chi connectivity index (χ1) is 7.24. The van der Waals surface area contributed by atoms with Crippen molar-refractivity contribution in [3.8, 4) is 0 Å². The molecular formula is C10H20O4Si. The highest BCUT2D eigenvalue weighted by molar-refractivity contribution is 6.24. The van der Waals surface area contributed by atoms with Gasteiger partial charge in [-0.3, -0.25) is 4.79 Å². The molecule has 0 aromatic carbocycles. The van der Waals surface area contributed by atoms with Gasteiger partial charge in [-0.2, -0.15) is 0 Å². The minimum absolute atomic E-state index is 0.0191. The van der Waals surface area contributed by atoms with E-state index in [0.717, 1.165) is 0 Å². The lowest BCUT2D eigenvalue weighted by molar-refractivity contribution is -0.115. The Balaban J connectivity index is 3.96. The number of hydrogen-bond donors (Lipinski definition) is 0. The molecule has 0 spiro atoms. The molecule has 0 rings (SSSR count). The average Bonchev–Trinajstić information content (AvgIpc) is 2.19. The standard InChI is InChI=1S/C10H20O4Si/c1-4-12-10(13-5-2)8-9(11)6-7-14-15-3/h8H,4-7,15H2,1-3H3. The molecule has 0 atom stereocenters. The normalized spacial score (nSPS) is 10.3. The molecule has 0 saturated heterocycles. The van der Waals surface area contributed by atoms with Crippen LogP contribution in [0.25, 0.3) is 0 Å². The summed E-state index contributed by atoms with van der Waals surface area (Å²) in [5.74, 6) is 0.285. The monoisotopic (exact) mass is 232 g/mol. The van der Waals surface area contributed by atoms with E-state index in [4.69, 9.17) is 13.9 Å². The van der Waals surface area contributed by atoms with Crippen LogP contribution < -0.4 is 0 Å².